The molecular formula is C38H61NaO18. The summed E-state index contributed by atoms with van der Waals surface area (Å²) in [6.45, 7) is 6.52. The van der Waals surface area contributed by atoms with Gasteiger partial charge in [-0.15, -0.1) is 0 Å². The van der Waals surface area contributed by atoms with Crippen LogP contribution in [0.5, 0.6) is 0 Å². The maximum absolute atomic E-state index is 14.1. The van der Waals surface area contributed by atoms with Crippen LogP contribution in [0.2, 0.25) is 0 Å². The molecule has 322 valence electrons. The summed E-state index contributed by atoms with van der Waals surface area (Å²) in [6.07, 6.45) is -17.8. The quantitative estimate of drug-likeness (QED) is 0.0447. The molecule has 11 N–H and O–H groups in total. The number of hydrogen-bond donors (Lipinski definition) is 11. The molecule has 57 heavy (non-hydrogen) atoms. The fourth-order valence-corrected chi connectivity index (χ4v) is 12.0. The van der Waals surface area contributed by atoms with Crippen molar-refractivity contribution >= 4 is 5.97 Å². The minimum absolute atomic E-state index is 0. The Morgan fingerprint density at radius 1 is 0.702 bits per heavy atom. The van der Waals surface area contributed by atoms with Gasteiger partial charge in [0, 0.05) is 0 Å². The first kappa shape index (κ1) is 46.1. The van der Waals surface area contributed by atoms with Crippen molar-refractivity contribution in [1.29, 1.82) is 0 Å². The third-order valence-corrected chi connectivity index (χ3v) is 15.0. The van der Waals surface area contributed by atoms with E-state index in [9.17, 15) is 61.0 Å². The van der Waals surface area contributed by atoms with E-state index in [0.717, 1.165) is 18.4 Å². The third-order valence-electron chi connectivity index (χ3n) is 15.0. The first-order valence-corrected chi connectivity index (χ1v) is 19.9. The fraction of sp³-hybridized carbons (Fsp3) is 0.921. The van der Waals surface area contributed by atoms with Crippen molar-refractivity contribution in [2.75, 3.05) is 19.8 Å². The van der Waals surface area contributed by atoms with Crippen LogP contribution in [0.1, 0.15) is 73.1 Å². The first-order chi connectivity index (χ1) is 26.4. The maximum Gasteiger partial charge on any atom is 1.00 e. The molecule has 4 saturated carbocycles. The molecule has 0 radical (unpaired) electrons. The zero-order chi connectivity index (χ0) is 40.7. The molecule has 19 heteroatoms. The molecule has 2 bridgehead atoms. The smallest absolute Gasteiger partial charge is 1.00 e. The summed E-state index contributed by atoms with van der Waals surface area (Å²) in [5.41, 5.74) is -1.80. The molecule has 18 nitrogen and oxygen atoms in total. The fourth-order valence-electron chi connectivity index (χ4n) is 12.0. The predicted molar refractivity (Wildman–Crippen MR) is 188 cm³/mol. The summed E-state index contributed by atoms with van der Waals surface area (Å²) in [5.74, 6) is -0.591. The molecule has 7 fully saturated rings. The van der Waals surface area contributed by atoms with Gasteiger partial charge in [-0.25, -0.2) is 0 Å². The number of aliphatic hydroxyl groups is 11. The minimum atomic E-state index is -1.81. The topological polar surface area (TPSA) is 295 Å². The van der Waals surface area contributed by atoms with Gasteiger partial charge in [0.05, 0.1) is 30.8 Å². The molecule has 1 spiro atoms. The van der Waals surface area contributed by atoms with E-state index in [0.29, 0.717) is 44.9 Å². The second kappa shape index (κ2) is 17.0. The summed E-state index contributed by atoms with van der Waals surface area (Å²) >= 11 is 0. The van der Waals surface area contributed by atoms with Crippen LogP contribution in [0.4, 0.5) is 0 Å². The van der Waals surface area contributed by atoms with Crippen LogP contribution in [0.3, 0.4) is 0 Å². The van der Waals surface area contributed by atoms with Gasteiger partial charge in [-0.05, 0) is 86.5 Å². The van der Waals surface area contributed by atoms with E-state index < -0.39 is 129 Å². The van der Waals surface area contributed by atoms with Crippen molar-refractivity contribution in [3.05, 3.63) is 12.2 Å². The van der Waals surface area contributed by atoms with Crippen LogP contribution in [-0.4, -0.2) is 180 Å². The van der Waals surface area contributed by atoms with Crippen molar-refractivity contribution in [3.63, 3.8) is 0 Å². The van der Waals surface area contributed by atoms with Gasteiger partial charge in [0.15, 0.2) is 12.6 Å². The molecule has 0 aromatic heterocycles. The van der Waals surface area contributed by atoms with Gasteiger partial charge in [-0.3, -0.25) is 4.79 Å². The second-order valence-electron chi connectivity index (χ2n) is 18.0. The van der Waals surface area contributed by atoms with E-state index >= 15 is 0 Å². The van der Waals surface area contributed by atoms with Gasteiger partial charge in [0.2, 0.25) is 6.29 Å². The van der Waals surface area contributed by atoms with Crippen LogP contribution >= 0.6 is 0 Å². The Hall–Kier alpha value is -0.430. The van der Waals surface area contributed by atoms with Crippen LogP contribution in [0.25, 0.3) is 0 Å². The summed E-state index contributed by atoms with van der Waals surface area (Å²) < 4.78 is 35.6. The average Bonchev–Trinajstić information content (AvgIpc) is 3.37. The number of hydrogen-bond acceptors (Lipinski definition) is 18. The van der Waals surface area contributed by atoms with E-state index in [1.165, 1.54) is 0 Å². The molecule has 0 amide bonds. The molecule has 7 aliphatic rings. The maximum atomic E-state index is 14.1. The monoisotopic (exact) mass is 828 g/mol. The third kappa shape index (κ3) is 7.53. The molecule has 3 aliphatic heterocycles. The van der Waals surface area contributed by atoms with Crippen molar-refractivity contribution < 1.29 is 120 Å². The Bertz CT molecular complexity index is 1460. The SMILES string of the molecule is C=C1C[C@@]23CC[C@H]4[C@@](C)(CCC[C@@]4(C)C(=O)O[C@@H]4O[C@H](CO)[C@@H](O)[C@H](O)[C@H]4O)[C@@H]2CC[C@]1(O[C@@H]1O[C@H](CO)[C@@H](O)[C@H](O)[C@H]1O[C@@H]1O[C@H](CO)[C@@H](O)[C@H](O)[C@H]1O)C3.[H-].[Na+]. The Balaban J connectivity index is 0.00000320. The summed E-state index contributed by atoms with van der Waals surface area (Å²) in [7, 11) is 0. The number of ether oxygens (including phenoxy) is 6. The average molecular weight is 829 g/mol. The summed E-state index contributed by atoms with van der Waals surface area (Å²) in [6, 6.07) is 0. The van der Waals surface area contributed by atoms with Gasteiger partial charge in [-0.1, -0.05) is 19.9 Å². The van der Waals surface area contributed by atoms with E-state index in [1.807, 2.05) is 6.92 Å². The van der Waals surface area contributed by atoms with Crippen LogP contribution in [0, 0.1) is 28.1 Å². The Labute approximate surface area is 354 Å². The zero-order valence-electron chi connectivity index (χ0n) is 33.8. The first-order valence-electron chi connectivity index (χ1n) is 19.9. The molecule has 4 aliphatic carbocycles. The molecule has 3 saturated heterocycles. The van der Waals surface area contributed by atoms with Crippen LogP contribution < -0.4 is 29.6 Å². The van der Waals surface area contributed by atoms with E-state index in [2.05, 4.69) is 13.5 Å². The van der Waals surface area contributed by atoms with Crippen molar-refractivity contribution in [2.45, 2.75) is 169 Å². The zero-order valence-corrected chi connectivity index (χ0v) is 34.8. The van der Waals surface area contributed by atoms with Gasteiger partial charge in [-0.2, -0.15) is 0 Å². The molecule has 0 aromatic carbocycles. The van der Waals surface area contributed by atoms with Gasteiger partial charge >= 0.3 is 35.5 Å². The van der Waals surface area contributed by atoms with Gasteiger partial charge < -0.3 is 86.0 Å². The number of rotatable bonds is 9. The Morgan fingerprint density at radius 3 is 1.82 bits per heavy atom. The number of aliphatic hydroxyl groups excluding tert-OH is 11. The normalized spacial score (nSPS) is 53.6. The van der Waals surface area contributed by atoms with E-state index in [4.69, 9.17) is 28.4 Å². The largest absolute Gasteiger partial charge is 1.00 e. The number of fused-ring (bicyclic) bond motifs is 3. The molecule has 21 atom stereocenters. The second-order valence-corrected chi connectivity index (χ2v) is 18.0. The van der Waals surface area contributed by atoms with Gasteiger partial charge in [0.1, 0.15) is 73.2 Å². The van der Waals surface area contributed by atoms with E-state index in [-0.39, 0.29) is 53.6 Å². The molecule has 0 aromatic rings. The number of esters is 1. The molecule has 7 rings (SSSR count). The predicted octanol–water partition coefficient (Wildman–Crippen LogP) is -5.82. The minimum Gasteiger partial charge on any atom is -1.00 e. The van der Waals surface area contributed by atoms with Crippen molar-refractivity contribution in [1.82, 2.24) is 0 Å². The number of carbonyl (C=O) groups is 1. The molecular weight excluding hydrogens is 767 g/mol. The van der Waals surface area contributed by atoms with Crippen LogP contribution in [-0.2, 0) is 33.2 Å². The number of carbonyl (C=O) groups excluding carboxylic acids is 1. The molecule has 3 heterocycles. The van der Waals surface area contributed by atoms with E-state index in [1.54, 1.807) is 0 Å². The van der Waals surface area contributed by atoms with Crippen molar-refractivity contribution in [2.24, 2.45) is 28.1 Å². The molecule has 0 unspecified atom stereocenters. The Kier molecular flexibility index (Phi) is 13.8. The van der Waals surface area contributed by atoms with Crippen LogP contribution in [0.15, 0.2) is 12.2 Å². The standard InChI is InChI=1S/C38H60O18.Na.H/c1-16-11-37-9-5-20-35(2,7-4-8-36(20,3)34(50)55-32-29(49)26(46)23(43)18(13-40)52-32)21(37)6-10-38(16,15-37)56-33-30(27(47)24(44)19(14-41)53-33)54-31-28(48)25(45)22(42)17(12-39)51-31;;/h17-33,39-49H,1,4-15H2,2-3H3;;/q;+1;-1/t17-,18-,19-,20+,21+,22-,23-,24-,25+,26+,27+,28-,29-,30-,31+,32+,33+,35-,36-,37-,38+;;/m1../s1. The summed E-state index contributed by atoms with van der Waals surface area (Å²) in [4.78, 5) is 14.1. The van der Waals surface area contributed by atoms with Crippen molar-refractivity contribution in [3.8, 4) is 0 Å². The van der Waals surface area contributed by atoms with Gasteiger partial charge in [0.25, 0.3) is 0 Å². The summed E-state index contributed by atoms with van der Waals surface area (Å²) in [5, 5.41) is 114. The Morgan fingerprint density at radius 2 is 1.23 bits per heavy atom.